The largest absolute Gasteiger partial charge is 0.456 e. The summed E-state index contributed by atoms with van der Waals surface area (Å²) in [6, 6.07) is 35.8. The van der Waals surface area contributed by atoms with Crippen molar-refractivity contribution in [2.45, 2.75) is 0 Å². The van der Waals surface area contributed by atoms with Crippen molar-refractivity contribution in [1.82, 2.24) is 15.0 Å². The van der Waals surface area contributed by atoms with Crippen LogP contribution in [0.25, 0.3) is 108 Å². The van der Waals surface area contributed by atoms with E-state index in [1.165, 1.54) is 11.3 Å². The average molecular weight is 694 g/mol. The Bertz CT molecular complexity index is 3510. The maximum Gasteiger partial charge on any atom is 0.164 e. The Balaban J connectivity index is 1.21. The van der Waals surface area contributed by atoms with Gasteiger partial charge in [0.05, 0.1) is 8.22 Å². The number of aromatic nitrogens is 3. The van der Waals surface area contributed by atoms with Gasteiger partial charge < -0.3 is 4.42 Å². The van der Waals surface area contributed by atoms with Crippen LogP contribution in [0.1, 0.15) is 8.22 Å². The molecule has 0 atom stereocenters. The number of hydrogen-bond acceptors (Lipinski definition) is 6. The van der Waals surface area contributed by atoms with Gasteiger partial charge in [0.1, 0.15) is 11.2 Å². The molecule has 0 bridgehead atoms. The minimum atomic E-state index is -0.274. The maximum atomic E-state index is 9.71. The van der Waals surface area contributed by atoms with Crippen LogP contribution in [0.4, 0.5) is 0 Å². The Labute approximate surface area is 308 Å². The highest BCUT2D eigenvalue weighted by Crippen LogP contribution is 2.46. The monoisotopic (exact) mass is 693 g/mol. The first kappa shape index (κ1) is 23.2. The zero-order valence-electron chi connectivity index (χ0n) is 32.5. The highest BCUT2D eigenvalue weighted by molar-refractivity contribution is 7.27. The highest BCUT2D eigenvalue weighted by atomic mass is 32.1. The van der Waals surface area contributed by atoms with Gasteiger partial charge in [0.25, 0.3) is 0 Å². The van der Waals surface area contributed by atoms with E-state index < -0.39 is 0 Å². The summed E-state index contributed by atoms with van der Waals surface area (Å²) < 4.78 is 65.0. The smallest absolute Gasteiger partial charge is 0.164 e. The molecule has 4 nitrogen and oxygen atoms in total. The number of para-hydroxylation sites is 1. The second kappa shape index (κ2) is 11.2. The molecular weight excluding hydrogens is 663 g/mol. The molecule has 0 aliphatic rings. The van der Waals surface area contributed by atoms with Crippen molar-refractivity contribution >= 4 is 85.0 Å². The summed E-state index contributed by atoms with van der Waals surface area (Å²) in [5, 5.41) is 4.37. The van der Waals surface area contributed by atoms with Gasteiger partial charge in [0.2, 0.25) is 0 Å². The molecule has 0 saturated carbocycles. The lowest BCUT2D eigenvalue weighted by Gasteiger charge is -2.09. The van der Waals surface area contributed by atoms with Crippen LogP contribution in [-0.4, -0.2) is 15.0 Å². The van der Waals surface area contributed by atoms with E-state index in [0.29, 0.717) is 48.7 Å². The van der Waals surface area contributed by atoms with Gasteiger partial charge in [-0.1, -0.05) is 127 Å². The molecule has 11 rings (SSSR count). The van der Waals surface area contributed by atoms with Crippen molar-refractivity contribution in [1.29, 1.82) is 0 Å². The predicted octanol–water partition coefficient (Wildman–Crippen LogP) is 13.2. The van der Waals surface area contributed by atoms with Crippen LogP contribution in [0.5, 0.6) is 0 Å². The molecule has 0 radical (unpaired) electrons. The number of furan rings is 1. The number of benzene rings is 7. The van der Waals surface area contributed by atoms with Gasteiger partial charge in [-0.25, -0.2) is 15.0 Å². The van der Waals surface area contributed by atoms with Crippen LogP contribution >= 0.6 is 22.7 Å². The summed E-state index contributed by atoms with van der Waals surface area (Å²) in [7, 11) is 0. The van der Waals surface area contributed by atoms with E-state index in [0.717, 1.165) is 42.1 Å². The third-order valence-corrected chi connectivity index (χ3v) is 11.6. The summed E-state index contributed by atoms with van der Waals surface area (Å²) >= 11 is 2.81. The molecule has 0 fully saturated rings. The SMILES string of the molecule is [2H]c1c([2H])c([2H])c2c(sc3c([2H])c(-c4nc(-c5ccccc5)nc(-c5cccc6oc7ccccc7c56)n4)c([2H])c([2H])c32)c1-c1cccc2c1sc1ccccc12. The molecule has 0 aliphatic heterocycles. The third kappa shape index (κ3) is 4.47. The molecule has 4 aromatic heterocycles. The summed E-state index contributed by atoms with van der Waals surface area (Å²) in [4.78, 5) is 14.7. The minimum absolute atomic E-state index is 0.0565. The molecule has 11 aromatic rings. The molecule has 238 valence electrons. The predicted molar refractivity (Wildman–Crippen MR) is 215 cm³/mol. The van der Waals surface area contributed by atoms with Crippen molar-refractivity contribution in [3.63, 3.8) is 0 Å². The molecule has 0 spiro atoms. The first-order valence-corrected chi connectivity index (χ1v) is 18.0. The number of hydrogen-bond donors (Lipinski definition) is 0. The van der Waals surface area contributed by atoms with Gasteiger partial charge in [-0.2, -0.15) is 0 Å². The Morgan fingerprint density at radius 3 is 2.06 bits per heavy atom. The average Bonchev–Trinajstić information content (AvgIpc) is 3.95. The fourth-order valence-corrected chi connectivity index (χ4v) is 9.30. The Morgan fingerprint density at radius 1 is 0.451 bits per heavy atom. The lowest BCUT2D eigenvalue weighted by atomic mass is 10.0. The van der Waals surface area contributed by atoms with Crippen LogP contribution in [0, 0.1) is 0 Å². The fraction of sp³-hybridized carbons (Fsp3) is 0. The quantitative estimate of drug-likeness (QED) is 0.184. The number of fused-ring (bicyclic) bond motifs is 9. The minimum Gasteiger partial charge on any atom is -0.456 e. The van der Waals surface area contributed by atoms with Gasteiger partial charge in [-0.15, -0.1) is 22.7 Å². The van der Waals surface area contributed by atoms with E-state index in [9.17, 15) is 5.48 Å². The van der Waals surface area contributed by atoms with Crippen molar-refractivity contribution < 1.29 is 12.6 Å². The van der Waals surface area contributed by atoms with E-state index in [1.54, 1.807) is 11.3 Å². The standard InChI is InChI=1S/C45H25N3OS2/c1-2-11-26(12-3-1)43-46-44(48-45(47-43)35-19-10-21-37-40(35)34-14-4-6-20-36(34)49-37)27-23-24-29-31-16-9-18-33(42(31)51-39(29)25-27)32-17-8-15-30-28-13-5-7-22-38(28)50-41(30)32/h1-25H/i9D,16D,18D,23D,24D,25D. The summed E-state index contributed by atoms with van der Waals surface area (Å²) in [5.41, 5.74) is 4.07. The number of rotatable bonds is 4. The van der Waals surface area contributed by atoms with Gasteiger partial charge >= 0.3 is 0 Å². The molecule has 6 heteroatoms. The zero-order chi connectivity index (χ0) is 38.7. The van der Waals surface area contributed by atoms with Crippen molar-refractivity contribution in [3.05, 3.63) is 152 Å². The summed E-state index contributed by atoms with van der Waals surface area (Å²) in [5.74, 6) is 0.727. The van der Waals surface area contributed by atoms with Crippen LogP contribution in [0.2, 0.25) is 0 Å². The Kier molecular flexibility index (Phi) is 5.08. The number of nitrogens with zero attached hydrogens (tertiary/aromatic N) is 3. The molecule has 0 unspecified atom stereocenters. The normalized spacial score (nSPS) is 13.6. The first-order valence-electron chi connectivity index (χ1n) is 19.4. The third-order valence-electron chi connectivity index (χ3n) is 9.27. The van der Waals surface area contributed by atoms with E-state index in [2.05, 4.69) is 18.2 Å². The van der Waals surface area contributed by atoms with Crippen molar-refractivity contribution in [2.75, 3.05) is 0 Å². The van der Waals surface area contributed by atoms with Crippen molar-refractivity contribution in [3.8, 4) is 45.3 Å². The van der Waals surface area contributed by atoms with Gasteiger partial charge in [-0.05, 0) is 24.2 Å². The van der Waals surface area contributed by atoms with Crippen LogP contribution in [0.3, 0.4) is 0 Å². The fourth-order valence-electron chi connectivity index (χ4n) is 6.95. The molecular formula is C45H25N3OS2. The first-order chi connectivity index (χ1) is 27.8. The van der Waals surface area contributed by atoms with Gasteiger partial charge in [0, 0.05) is 78.9 Å². The molecule has 0 N–H and O–H groups in total. The Hall–Kier alpha value is -6.21. The molecule has 0 saturated heterocycles. The second-order valence-electron chi connectivity index (χ2n) is 12.2. The van der Waals surface area contributed by atoms with E-state index in [4.69, 9.17) is 22.1 Å². The summed E-state index contributed by atoms with van der Waals surface area (Å²) in [6.07, 6.45) is 0. The topological polar surface area (TPSA) is 51.8 Å². The molecule has 0 amide bonds. The lowest BCUT2D eigenvalue weighted by Crippen LogP contribution is -2.00. The molecule has 4 heterocycles. The van der Waals surface area contributed by atoms with Gasteiger partial charge in [0.15, 0.2) is 17.5 Å². The summed E-state index contributed by atoms with van der Waals surface area (Å²) in [6.45, 7) is 0. The molecule has 7 aromatic carbocycles. The van der Waals surface area contributed by atoms with E-state index in [-0.39, 0.29) is 53.0 Å². The van der Waals surface area contributed by atoms with Crippen LogP contribution < -0.4 is 0 Å². The maximum absolute atomic E-state index is 9.71. The van der Waals surface area contributed by atoms with Crippen molar-refractivity contribution in [2.24, 2.45) is 0 Å². The highest BCUT2D eigenvalue weighted by Gasteiger charge is 2.19. The number of thiophene rings is 2. The van der Waals surface area contributed by atoms with Gasteiger partial charge in [-0.3, -0.25) is 0 Å². The van der Waals surface area contributed by atoms with E-state index >= 15 is 0 Å². The Morgan fingerprint density at radius 2 is 1.14 bits per heavy atom. The zero-order valence-corrected chi connectivity index (χ0v) is 28.2. The second-order valence-corrected chi connectivity index (χ2v) is 14.3. The lowest BCUT2D eigenvalue weighted by molar-refractivity contribution is 0.669. The molecule has 0 aliphatic carbocycles. The van der Waals surface area contributed by atoms with Crippen LogP contribution in [0.15, 0.2) is 156 Å². The van der Waals surface area contributed by atoms with E-state index in [1.807, 2.05) is 97.1 Å². The van der Waals surface area contributed by atoms with Crippen LogP contribution in [-0.2, 0) is 0 Å². The molecule has 51 heavy (non-hydrogen) atoms.